The molecule has 1 aliphatic heterocycles. The largest absolute Gasteiger partial charge is 0.349 e. The standard InChI is InChI=1S/C20H25N5O2/c26-19(15-6-2-1-3-7-15)21-16-8-10-17(11-9-16)25-14-18(22-23-25)20(27)24-12-4-5-13-24/h1-3,6-7,14,16-17H,4-5,8-13H2,(H,21,26). The molecule has 1 aromatic heterocycles. The van der Waals surface area contributed by atoms with Crippen LogP contribution in [0.25, 0.3) is 0 Å². The van der Waals surface area contributed by atoms with Crippen molar-refractivity contribution >= 4 is 11.8 Å². The number of nitrogens with one attached hydrogen (secondary N) is 1. The van der Waals surface area contributed by atoms with Gasteiger partial charge < -0.3 is 10.2 Å². The van der Waals surface area contributed by atoms with E-state index < -0.39 is 0 Å². The van der Waals surface area contributed by atoms with E-state index in [4.69, 9.17) is 0 Å². The Balaban J connectivity index is 1.30. The number of hydrogen-bond donors (Lipinski definition) is 1. The Morgan fingerprint density at radius 2 is 1.70 bits per heavy atom. The van der Waals surface area contributed by atoms with Gasteiger partial charge >= 0.3 is 0 Å². The number of aromatic nitrogens is 3. The molecule has 0 atom stereocenters. The molecule has 1 N–H and O–H groups in total. The third-order valence-electron chi connectivity index (χ3n) is 5.56. The molecule has 0 unspecified atom stereocenters. The van der Waals surface area contributed by atoms with E-state index in [0.717, 1.165) is 51.6 Å². The van der Waals surface area contributed by atoms with E-state index >= 15 is 0 Å². The summed E-state index contributed by atoms with van der Waals surface area (Å²) in [5, 5.41) is 11.4. The first-order valence-corrected chi connectivity index (χ1v) is 9.78. The molecule has 4 rings (SSSR count). The molecule has 2 aromatic rings. The molecular weight excluding hydrogens is 342 g/mol. The average Bonchev–Trinajstić information content (AvgIpc) is 3.41. The predicted molar refractivity (Wildman–Crippen MR) is 100 cm³/mol. The summed E-state index contributed by atoms with van der Waals surface area (Å²) in [5.74, 6) is -0.0270. The maximum Gasteiger partial charge on any atom is 0.276 e. The van der Waals surface area contributed by atoms with Gasteiger partial charge in [0.15, 0.2) is 5.69 Å². The van der Waals surface area contributed by atoms with Crippen LogP contribution in [-0.2, 0) is 0 Å². The van der Waals surface area contributed by atoms with E-state index in [-0.39, 0.29) is 23.9 Å². The summed E-state index contributed by atoms with van der Waals surface area (Å²) >= 11 is 0. The second-order valence-corrected chi connectivity index (χ2v) is 7.43. The molecule has 2 aliphatic rings. The zero-order chi connectivity index (χ0) is 18.6. The van der Waals surface area contributed by atoms with Gasteiger partial charge in [-0.3, -0.25) is 9.59 Å². The Labute approximate surface area is 158 Å². The van der Waals surface area contributed by atoms with Crippen LogP contribution in [0.3, 0.4) is 0 Å². The molecule has 0 radical (unpaired) electrons. The minimum Gasteiger partial charge on any atom is -0.349 e. The molecule has 1 aliphatic carbocycles. The number of carbonyl (C=O) groups excluding carboxylic acids is 2. The van der Waals surface area contributed by atoms with Crippen molar-refractivity contribution in [2.75, 3.05) is 13.1 Å². The normalized spacial score (nSPS) is 22.6. The molecular formula is C20H25N5O2. The van der Waals surface area contributed by atoms with Gasteiger partial charge in [-0.25, -0.2) is 4.68 Å². The maximum absolute atomic E-state index is 12.4. The van der Waals surface area contributed by atoms with Crippen LogP contribution >= 0.6 is 0 Å². The second kappa shape index (κ2) is 7.90. The Hall–Kier alpha value is -2.70. The van der Waals surface area contributed by atoms with Crippen molar-refractivity contribution < 1.29 is 9.59 Å². The Bertz CT molecular complexity index is 790. The lowest BCUT2D eigenvalue weighted by Gasteiger charge is -2.29. The summed E-state index contributed by atoms with van der Waals surface area (Å²) in [5.41, 5.74) is 1.14. The third-order valence-corrected chi connectivity index (χ3v) is 5.56. The summed E-state index contributed by atoms with van der Waals surface area (Å²) in [7, 11) is 0. The zero-order valence-corrected chi connectivity index (χ0v) is 15.4. The minimum absolute atomic E-state index is 0.0115. The molecule has 2 amide bonds. The predicted octanol–water partition coefficient (Wildman–Crippen LogP) is 2.43. The molecule has 0 bridgehead atoms. The fourth-order valence-corrected chi connectivity index (χ4v) is 3.98. The first-order valence-electron chi connectivity index (χ1n) is 9.78. The van der Waals surface area contributed by atoms with E-state index in [1.807, 2.05) is 39.9 Å². The highest BCUT2D eigenvalue weighted by Gasteiger charge is 2.27. The van der Waals surface area contributed by atoms with Gasteiger partial charge in [-0.2, -0.15) is 0 Å². The molecule has 1 aromatic carbocycles. The van der Waals surface area contributed by atoms with Crippen LogP contribution in [0, 0.1) is 0 Å². The summed E-state index contributed by atoms with van der Waals surface area (Å²) in [6.45, 7) is 1.63. The van der Waals surface area contributed by atoms with Crippen molar-refractivity contribution in [2.24, 2.45) is 0 Å². The van der Waals surface area contributed by atoms with E-state index in [9.17, 15) is 9.59 Å². The van der Waals surface area contributed by atoms with Crippen LogP contribution in [0.5, 0.6) is 0 Å². The lowest BCUT2D eigenvalue weighted by molar-refractivity contribution is 0.0786. The quantitative estimate of drug-likeness (QED) is 0.900. The van der Waals surface area contributed by atoms with Crippen LogP contribution in [0.1, 0.15) is 65.4 Å². The van der Waals surface area contributed by atoms with Gasteiger partial charge in [0, 0.05) is 24.7 Å². The van der Waals surface area contributed by atoms with E-state index in [1.165, 1.54) is 0 Å². The highest BCUT2D eigenvalue weighted by molar-refractivity contribution is 5.94. The highest BCUT2D eigenvalue weighted by Crippen LogP contribution is 2.28. The van der Waals surface area contributed by atoms with Gasteiger partial charge in [-0.15, -0.1) is 5.10 Å². The van der Waals surface area contributed by atoms with Crippen LogP contribution in [0.2, 0.25) is 0 Å². The number of benzene rings is 1. The van der Waals surface area contributed by atoms with E-state index in [0.29, 0.717) is 11.3 Å². The lowest BCUT2D eigenvalue weighted by atomic mass is 9.91. The maximum atomic E-state index is 12.4. The third kappa shape index (κ3) is 4.02. The smallest absolute Gasteiger partial charge is 0.276 e. The molecule has 27 heavy (non-hydrogen) atoms. The van der Waals surface area contributed by atoms with Crippen molar-refractivity contribution in [2.45, 2.75) is 50.6 Å². The van der Waals surface area contributed by atoms with E-state index in [1.54, 1.807) is 6.20 Å². The topological polar surface area (TPSA) is 80.1 Å². The van der Waals surface area contributed by atoms with Gasteiger partial charge in [-0.1, -0.05) is 23.4 Å². The average molecular weight is 367 g/mol. The van der Waals surface area contributed by atoms with Gasteiger partial charge in [0.25, 0.3) is 11.8 Å². The summed E-state index contributed by atoms with van der Waals surface area (Å²) in [6.07, 6.45) is 7.56. The molecule has 7 nitrogen and oxygen atoms in total. The second-order valence-electron chi connectivity index (χ2n) is 7.43. The van der Waals surface area contributed by atoms with Gasteiger partial charge in [-0.05, 0) is 50.7 Å². The summed E-state index contributed by atoms with van der Waals surface area (Å²) in [4.78, 5) is 26.6. The number of carbonyl (C=O) groups is 2. The van der Waals surface area contributed by atoms with Gasteiger partial charge in [0.05, 0.1) is 12.2 Å². The van der Waals surface area contributed by atoms with Crippen molar-refractivity contribution in [3.05, 3.63) is 47.8 Å². The van der Waals surface area contributed by atoms with Crippen LogP contribution < -0.4 is 5.32 Å². The SMILES string of the molecule is O=C(NC1CCC(n2cc(C(=O)N3CCCC3)nn2)CC1)c1ccccc1. The molecule has 1 saturated heterocycles. The van der Waals surface area contributed by atoms with Crippen LogP contribution in [0.15, 0.2) is 36.5 Å². The monoisotopic (exact) mass is 367 g/mol. The molecule has 1 saturated carbocycles. The zero-order valence-electron chi connectivity index (χ0n) is 15.4. The Morgan fingerprint density at radius 1 is 1.00 bits per heavy atom. The fraction of sp³-hybridized carbons (Fsp3) is 0.500. The number of rotatable bonds is 4. The Kier molecular flexibility index (Phi) is 5.18. The van der Waals surface area contributed by atoms with Gasteiger partial charge in [0.2, 0.25) is 0 Å². The number of likely N-dealkylation sites (tertiary alicyclic amines) is 1. The molecule has 2 fully saturated rings. The number of nitrogens with zero attached hydrogens (tertiary/aromatic N) is 4. The van der Waals surface area contributed by atoms with Gasteiger partial charge in [0.1, 0.15) is 0 Å². The number of hydrogen-bond acceptors (Lipinski definition) is 4. The highest BCUT2D eigenvalue weighted by atomic mass is 16.2. The summed E-state index contributed by atoms with van der Waals surface area (Å²) in [6, 6.07) is 9.73. The number of amides is 2. The van der Waals surface area contributed by atoms with Crippen molar-refractivity contribution in [3.8, 4) is 0 Å². The molecule has 2 heterocycles. The van der Waals surface area contributed by atoms with Crippen LogP contribution in [-0.4, -0.2) is 50.8 Å². The fourth-order valence-electron chi connectivity index (χ4n) is 3.98. The molecule has 0 spiro atoms. The first kappa shape index (κ1) is 17.7. The molecule has 7 heteroatoms. The lowest BCUT2D eigenvalue weighted by Crippen LogP contribution is -2.38. The van der Waals surface area contributed by atoms with Crippen LogP contribution in [0.4, 0.5) is 0 Å². The summed E-state index contributed by atoms with van der Waals surface area (Å²) < 4.78 is 1.83. The minimum atomic E-state index is -0.0155. The Morgan fingerprint density at radius 3 is 2.41 bits per heavy atom. The van der Waals surface area contributed by atoms with Crippen molar-refractivity contribution in [3.63, 3.8) is 0 Å². The van der Waals surface area contributed by atoms with Crippen molar-refractivity contribution in [1.29, 1.82) is 0 Å². The van der Waals surface area contributed by atoms with E-state index in [2.05, 4.69) is 15.6 Å². The van der Waals surface area contributed by atoms with Crippen molar-refractivity contribution in [1.82, 2.24) is 25.2 Å². The molecule has 142 valence electrons. The first-order chi connectivity index (χ1) is 13.2.